The maximum atomic E-state index is 11.3. The third-order valence-corrected chi connectivity index (χ3v) is 1.75. The first-order chi connectivity index (χ1) is 6.11. The van der Waals surface area contributed by atoms with E-state index in [1.807, 2.05) is 13.8 Å². The molecule has 1 unspecified atom stereocenters. The summed E-state index contributed by atoms with van der Waals surface area (Å²) in [5, 5.41) is 3.18. The number of rotatable bonds is 6. The van der Waals surface area contributed by atoms with Crippen LogP contribution in [0.4, 0.5) is 0 Å². The zero-order chi connectivity index (χ0) is 10.3. The van der Waals surface area contributed by atoms with Gasteiger partial charge >= 0.3 is 5.97 Å². The van der Waals surface area contributed by atoms with Gasteiger partial charge in [0, 0.05) is 0 Å². The lowest BCUT2D eigenvalue weighted by Crippen LogP contribution is -2.39. The average Bonchev–Trinajstić information content (AvgIpc) is 2.05. The van der Waals surface area contributed by atoms with Crippen LogP contribution in [-0.2, 0) is 9.53 Å². The van der Waals surface area contributed by atoms with E-state index in [0.717, 1.165) is 13.0 Å². The lowest BCUT2D eigenvalue weighted by molar-refractivity contribution is -0.145. The van der Waals surface area contributed by atoms with Gasteiger partial charge in [-0.15, -0.1) is 0 Å². The van der Waals surface area contributed by atoms with Crippen LogP contribution in [0, 0.1) is 5.92 Å². The van der Waals surface area contributed by atoms with Gasteiger partial charge in [0.2, 0.25) is 0 Å². The summed E-state index contributed by atoms with van der Waals surface area (Å²) in [4.78, 5) is 11.3. The molecule has 0 aromatic carbocycles. The Morgan fingerprint density at radius 1 is 1.38 bits per heavy atom. The topological polar surface area (TPSA) is 38.3 Å². The Morgan fingerprint density at radius 2 is 2.00 bits per heavy atom. The SMILES string of the molecule is CCOC(=O)C(CC)NCC(C)C. The number of nitrogens with one attached hydrogen (secondary N) is 1. The largest absolute Gasteiger partial charge is 0.465 e. The first-order valence-corrected chi connectivity index (χ1v) is 5.01. The fraction of sp³-hybridized carbons (Fsp3) is 0.900. The molecule has 1 N–H and O–H groups in total. The molecule has 0 aliphatic heterocycles. The van der Waals surface area contributed by atoms with Gasteiger partial charge in [0.25, 0.3) is 0 Å². The van der Waals surface area contributed by atoms with E-state index in [1.165, 1.54) is 0 Å². The zero-order valence-electron chi connectivity index (χ0n) is 9.09. The molecule has 78 valence electrons. The molecule has 0 amide bonds. The second-order valence-electron chi connectivity index (χ2n) is 3.51. The van der Waals surface area contributed by atoms with E-state index in [1.54, 1.807) is 0 Å². The normalized spacial score (nSPS) is 13.0. The van der Waals surface area contributed by atoms with Crippen molar-refractivity contribution in [3.8, 4) is 0 Å². The van der Waals surface area contributed by atoms with Crippen LogP contribution >= 0.6 is 0 Å². The molecule has 3 nitrogen and oxygen atoms in total. The molecule has 1 atom stereocenters. The highest BCUT2D eigenvalue weighted by molar-refractivity contribution is 5.75. The smallest absolute Gasteiger partial charge is 0.323 e. The molecule has 0 saturated carbocycles. The Bertz CT molecular complexity index is 146. The van der Waals surface area contributed by atoms with Crippen molar-refractivity contribution in [1.82, 2.24) is 5.32 Å². The molecule has 0 rings (SSSR count). The van der Waals surface area contributed by atoms with Crippen LogP contribution in [-0.4, -0.2) is 25.2 Å². The second-order valence-corrected chi connectivity index (χ2v) is 3.51. The summed E-state index contributed by atoms with van der Waals surface area (Å²) in [6.07, 6.45) is 0.783. The van der Waals surface area contributed by atoms with Crippen LogP contribution in [0.15, 0.2) is 0 Å². The predicted octanol–water partition coefficient (Wildman–Crippen LogP) is 1.57. The lowest BCUT2D eigenvalue weighted by Gasteiger charge is -2.16. The minimum Gasteiger partial charge on any atom is -0.465 e. The number of hydrogen-bond acceptors (Lipinski definition) is 3. The Hall–Kier alpha value is -0.570. The maximum Gasteiger partial charge on any atom is 0.323 e. The summed E-state index contributed by atoms with van der Waals surface area (Å²) in [7, 11) is 0. The molecule has 0 aliphatic carbocycles. The van der Waals surface area contributed by atoms with Crippen molar-refractivity contribution >= 4 is 5.97 Å². The van der Waals surface area contributed by atoms with Gasteiger partial charge in [-0.05, 0) is 25.8 Å². The van der Waals surface area contributed by atoms with Crippen LogP contribution in [0.5, 0.6) is 0 Å². The zero-order valence-corrected chi connectivity index (χ0v) is 9.09. The van der Waals surface area contributed by atoms with E-state index in [2.05, 4.69) is 19.2 Å². The Kier molecular flexibility index (Phi) is 6.59. The summed E-state index contributed by atoms with van der Waals surface area (Å²) in [6.45, 7) is 9.35. The highest BCUT2D eigenvalue weighted by Crippen LogP contribution is 1.97. The van der Waals surface area contributed by atoms with E-state index in [4.69, 9.17) is 4.74 Å². The van der Waals surface area contributed by atoms with E-state index in [0.29, 0.717) is 12.5 Å². The van der Waals surface area contributed by atoms with Crippen molar-refractivity contribution in [3.05, 3.63) is 0 Å². The van der Waals surface area contributed by atoms with Crippen molar-refractivity contribution < 1.29 is 9.53 Å². The Morgan fingerprint density at radius 3 is 2.38 bits per heavy atom. The minimum absolute atomic E-state index is 0.134. The van der Waals surface area contributed by atoms with Crippen LogP contribution in [0.3, 0.4) is 0 Å². The van der Waals surface area contributed by atoms with E-state index in [-0.39, 0.29) is 12.0 Å². The molecule has 0 saturated heterocycles. The molecule has 0 fully saturated rings. The number of esters is 1. The van der Waals surface area contributed by atoms with Gasteiger partial charge < -0.3 is 10.1 Å². The summed E-state index contributed by atoms with van der Waals surface area (Å²) in [6, 6.07) is -0.137. The molecular formula is C10H21NO2. The van der Waals surface area contributed by atoms with E-state index < -0.39 is 0 Å². The maximum absolute atomic E-state index is 11.3. The highest BCUT2D eigenvalue weighted by Gasteiger charge is 2.16. The Balaban J connectivity index is 3.80. The van der Waals surface area contributed by atoms with Gasteiger partial charge in [-0.2, -0.15) is 0 Å². The second kappa shape index (κ2) is 6.89. The lowest BCUT2D eigenvalue weighted by atomic mass is 10.2. The fourth-order valence-corrected chi connectivity index (χ4v) is 1.02. The van der Waals surface area contributed by atoms with Gasteiger partial charge in [-0.25, -0.2) is 0 Å². The summed E-state index contributed by atoms with van der Waals surface area (Å²) in [5.74, 6) is 0.425. The van der Waals surface area contributed by atoms with Crippen LogP contribution in [0.2, 0.25) is 0 Å². The quantitative estimate of drug-likeness (QED) is 0.641. The summed E-state index contributed by atoms with van der Waals surface area (Å²) < 4.78 is 4.93. The van der Waals surface area contributed by atoms with Gasteiger partial charge in [0.15, 0.2) is 0 Å². The van der Waals surface area contributed by atoms with Crippen LogP contribution in [0.25, 0.3) is 0 Å². The van der Waals surface area contributed by atoms with Crippen molar-refractivity contribution in [2.45, 2.75) is 40.2 Å². The summed E-state index contributed by atoms with van der Waals surface area (Å²) in [5.41, 5.74) is 0. The number of ether oxygens (including phenoxy) is 1. The van der Waals surface area contributed by atoms with E-state index in [9.17, 15) is 4.79 Å². The van der Waals surface area contributed by atoms with Crippen molar-refractivity contribution in [3.63, 3.8) is 0 Å². The predicted molar refractivity (Wildman–Crippen MR) is 53.6 cm³/mol. The van der Waals surface area contributed by atoms with Crippen LogP contribution < -0.4 is 5.32 Å². The third kappa shape index (κ3) is 5.64. The van der Waals surface area contributed by atoms with Gasteiger partial charge in [-0.1, -0.05) is 20.8 Å². The molecule has 0 heterocycles. The van der Waals surface area contributed by atoms with Crippen LogP contribution in [0.1, 0.15) is 34.1 Å². The van der Waals surface area contributed by atoms with Gasteiger partial charge in [0.05, 0.1) is 6.61 Å². The molecule has 13 heavy (non-hydrogen) atoms. The fourth-order valence-electron chi connectivity index (χ4n) is 1.02. The first-order valence-electron chi connectivity index (χ1n) is 5.01. The Labute approximate surface area is 80.8 Å². The van der Waals surface area contributed by atoms with Crippen molar-refractivity contribution in [2.75, 3.05) is 13.2 Å². The standard InChI is InChI=1S/C10H21NO2/c1-5-9(10(12)13-6-2)11-7-8(3)4/h8-9,11H,5-7H2,1-4H3. The molecule has 0 bridgehead atoms. The average molecular weight is 187 g/mol. The molecule has 0 aromatic heterocycles. The minimum atomic E-state index is -0.137. The number of hydrogen-bond donors (Lipinski definition) is 1. The molecule has 0 radical (unpaired) electrons. The monoisotopic (exact) mass is 187 g/mol. The molecule has 0 aromatic rings. The molecular weight excluding hydrogens is 166 g/mol. The van der Waals surface area contributed by atoms with Gasteiger partial charge in [0.1, 0.15) is 6.04 Å². The van der Waals surface area contributed by atoms with Crippen molar-refractivity contribution in [1.29, 1.82) is 0 Å². The van der Waals surface area contributed by atoms with E-state index >= 15 is 0 Å². The van der Waals surface area contributed by atoms with Gasteiger partial charge in [-0.3, -0.25) is 4.79 Å². The van der Waals surface area contributed by atoms with Crippen molar-refractivity contribution in [2.24, 2.45) is 5.92 Å². The highest BCUT2D eigenvalue weighted by atomic mass is 16.5. The molecule has 0 aliphatic rings. The number of carbonyl (C=O) groups excluding carboxylic acids is 1. The summed E-state index contributed by atoms with van der Waals surface area (Å²) >= 11 is 0. The molecule has 3 heteroatoms. The molecule has 0 spiro atoms. The third-order valence-electron chi connectivity index (χ3n) is 1.75. The number of carbonyl (C=O) groups is 1. The first kappa shape index (κ1) is 12.4.